The Bertz CT molecular complexity index is 123. The van der Waals surface area contributed by atoms with Crippen molar-refractivity contribution in [2.75, 3.05) is 0 Å². The van der Waals surface area contributed by atoms with Gasteiger partial charge in [0.15, 0.2) is 0 Å². The average Bonchev–Trinajstić information content (AvgIpc) is 1.89. The molecule has 0 aromatic heterocycles. The molecule has 0 heterocycles. The lowest BCUT2D eigenvalue weighted by Gasteiger charge is -1.83. The van der Waals surface area contributed by atoms with Gasteiger partial charge >= 0.3 is 0 Å². The highest BCUT2D eigenvalue weighted by Crippen LogP contribution is 1.93. The first kappa shape index (κ1) is 8.54. The highest BCUT2D eigenvalue weighted by molar-refractivity contribution is 7.78. The topological polar surface area (TPSA) is 12.4 Å². The maximum Gasteiger partial charge on any atom is 0.0634 e. The van der Waals surface area contributed by atoms with Crippen molar-refractivity contribution in [3.05, 3.63) is 12.3 Å². The second kappa shape index (κ2) is 7.54. The van der Waals surface area contributed by atoms with Crippen LogP contribution < -0.4 is 0 Å². The summed E-state index contributed by atoms with van der Waals surface area (Å²) >= 11 is 4.36. The lowest BCUT2D eigenvalue weighted by Crippen LogP contribution is -1.64. The van der Waals surface area contributed by atoms with Gasteiger partial charge in [-0.2, -0.15) is 0 Å². The van der Waals surface area contributed by atoms with E-state index in [9.17, 15) is 0 Å². The number of hydrogen-bond acceptors (Lipinski definition) is 2. The van der Waals surface area contributed by atoms with Crippen molar-refractivity contribution in [2.24, 2.45) is 4.99 Å². The molecule has 0 aliphatic rings. The molecule has 0 saturated carbocycles. The fourth-order valence-corrected chi connectivity index (χ4v) is 0.541. The summed E-state index contributed by atoms with van der Waals surface area (Å²) in [6.07, 6.45) is 7.25. The van der Waals surface area contributed by atoms with Crippen LogP contribution in [0, 0.1) is 0 Å². The first-order valence-electron chi connectivity index (χ1n) is 3.13. The van der Waals surface area contributed by atoms with Gasteiger partial charge in [0.25, 0.3) is 0 Å². The van der Waals surface area contributed by atoms with Gasteiger partial charge < -0.3 is 0 Å². The molecule has 0 amide bonds. The Hall–Kier alpha value is -0.460. The third-order valence-corrected chi connectivity index (χ3v) is 1.06. The summed E-state index contributed by atoms with van der Waals surface area (Å²) in [6.45, 7) is 2.16. The van der Waals surface area contributed by atoms with Crippen LogP contribution in [0.15, 0.2) is 17.3 Å². The molecule has 0 aliphatic heterocycles. The third-order valence-electron chi connectivity index (χ3n) is 0.957. The molecule has 0 N–H and O–H groups in total. The third kappa shape index (κ3) is 7.54. The van der Waals surface area contributed by atoms with E-state index in [1.165, 1.54) is 12.8 Å². The highest BCUT2D eigenvalue weighted by Gasteiger charge is 1.74. The number of unbranched alkanes of at least 4 members (excludes halogenated alkanes) is 2. The van der Waals surface area contributed by atoms with Crippen molar-refractivity contribution in [2.45, 2.75) is 26.2 Å². The van der Waals surface area contributed by atoms with Gasteiger partial charge in [-0.15, -0.1) is 0 Å². The van der Waals surface area contributed by atoms with Gasteiger partial charge in [-0.1, -0.05) is 25.8 Å². The van der Waals surface area contributed by atoms with Gasteiger partial charge in [0.1, 0.15) is 0 Å². The second-order valence-electron chi connectivity index (χ2n) is 1.75. The van der Waals surface area contributed by atoms with Gasteiger partial charge in [-0.05, 0) is 18.6 Å². The molecular weight excluding hydrogens is 130 g/mol. The molecule has 9 heavy (non-hydrogen) atoms. The monoisotopic (exact) mass is 141 g/mol. The number of hydrogen-bond donors (Lipinski definition) is 0. The number of nitrogens with zero attached hydrogens (tertiary/aromatic N) is 1. The first-order valence-corrected chi connectivity index (χ1v) is 3.54. The van der Waals surface area contributed by atoms with Crippen molar-refractivity contribution in [3.8, 4) is 0 Å². The van der Waals surface area contributed by atoms with Crippen LogP contribution in [0.5, 0.6) is 0 Å². The van der Waals surface area contributed by atoms with Crippen LogP contribution in [-0.2, 0) is 0 Å². The first-order chi connectivity index (χ1) is 4.41. The van der Waals surface area contributed by atoms with Gasteiger partial charge in [0.05, 0.1) is 5.16 Å². The molecule has 0 radical (unpaired) electrons. The summed E-state index contributed by atoms with van der Waals surface area (Å²) in [4.78, 5) is 3.63. The fraction of sp³-hybridized carbons (Fsp3) is 0.571. The number of allylic oxidation sites excluding steroid dienone is 1. The van der Waals surface area contributed by atoms with Crippen LogP contribution >= 0.6 is 12.2 Å². The van der Waals surface area contributed by atoms with Gasteiger partial charge in [0.2, 0.25) is 0 Å². The zero-order chi connectivity index (χ0) is 6.95. The van der Waals surface area contributed by atoms with Crippen LogP contribution in [0.25, 0.3) is 0 Å². The molecular formula is C7H11NS. The highest BCUT2D eigenvalue weighted by atomic mass is 32.1. The summed E-state index contributed by atoms with van der Waals surface area (Å²) in [5, 5.41) is 2.27. The Balaban J connectivity index is 3.14. The van der Waals surface area contributed by atoms with E-state index in [0.717, 1.165) is 6.42 Å². The zero-order valence-corrected chi connectivity index (χ0v) is 6.45. The Morgan fingerprint density at radius 2 is 2.44 bits per heavy atom. The SMILES string of the molecule is CCCCC=CN=C=S. The Morgan fingerprint density at radius 3 is 3.00 bits per heavy atom. The normalized spacial score (nSPS) is 9.44. The molecule has 0 aromatic rings. The standard InChI is InChI=1S/C7H11NS/c1-2-3-4-5-6-8-7-9/h5-6H,2-4H2,1H3. The maximum atomic E-state index is 4.36. The van der Waals surface area contributed by atoms with E-state index in [1.807, 2.05) is 6.08 Å². The fourth-order valence-electron chi connectivity index (χ4n) is 0.480. The largest absolute Gasteiger partial charge is 0.203 e. The van der Waals surface area contributed by atoms with Crippen molar-refractivity contribution >= 4 is 17.4 Å². The summed E-state index contributed by atoms with van der Waals surface area (Å²) < 4.78 is 0. The van der Waals surface area contributed by atoms with Gasteiger partial charge in [-0.25, -0.2) is 4.99 Å². The minimum absolute atomic E-state index is 1.09. The molecule has 0 fully saturated rings. The zero-order valence-electron chi connectivity index (χ0n) is 5.63. The quantitative estimate of drug-likeness (QED) is 0.333. The van der Waals surface area contributed by atoms with E-state index in [-0.39, 0.29) is 0 Å². The van der Waals surface area contributed by atoms with Crippen LogP contribution in [0.4, 0.5) is 0 Å². The van der Waals surface area contributed by atoms with Crippen LogP contribution in [-0.4, -0.2) is 5.16 Å². The Labute approximate surface area is 61.5 Å². The molecule has 0 spiro atoms. The summed E-state index contributed by atoms with van der Waals surface area (Å²) in [5.74, 6) is 0. The van der Waals surface area contributed by atoms with Gasteiger partial charge in [0, 0.05) is 6.20 Å². The van der Waals surface area contributed by atoms with Crippen LogP contribution in [0.1, 0.15) is 26.2 Å². The van der Waals surface area contributed by atoms with E-state index >= 15 is 0 Å². The number of rotatable bonds is 4. The lowest BCUT2D eigenvalue weighted by atomic mass is 10.2. The van der Waals surface area contributed by atoms with E-state index in [2.05, 4.69) is 29.3 Å². The Morgan fingerprint density at radius 1 is 1.67 bits per heavy atom. The van der Waals surface area contributed by atoms with E-state index < -0.39 is 0 Å². The summed E-state index contributed by atoms with van der Waals surface area (Å²) in [7, 11) is 0. The predicted octanol–water partition coefficient (Wildman–Crippen LogP) is 2.79. The smallest absolute Gasteiger partial charge is 0.0634 e. The second-order valence-corrected chi connectivity index (χ2v) is 1.93. The van der Waals surface area contributed by atoms with Crippen molar-refractivity contribution in [1.29, 1.82) is 0 Å². The molecule has 0 aliphatic carbocycles. The molecule has 0 atom stereocenters. The Kier molecular flexibility index (Phi) is 7.15. The molecule has 0 unspecified atom stereocenters. The molecule has 0 bridgehead atoms. The van der Waals surface area contributed by atoms with Crippen molar-refractivity contribution < 1.29 is 0 Å². The molecule has 50 valence electrons. The van der Waals surface area contributed by atoms with Crippen LogP contribution in [0.3, 0.4) is 0 Å². The molecule has 0 rings (SSSR count). The van der Waals surface area contributed by atoms with Crippen molar-refractivity contribution in [3.63, 3.8) is 0 Å². The molecule has 2 heteroatoms. The number of isothiocyanates is 1. The number of aliphatic imine (C=N–C) groups is 1. The maximum absolute atomic E-state index is 4.36. The van der Waals surface area contributed by atoms with Crippen LogP contribution in [0.2, 0.25) is 0 Å². The number of thiocarbonyl (C=S) groups is 1. The molecule has 0 aromatic carbocycles. The summed E-state index contributed by atoms with van der Waals surface area (Å²) in [6, 6.07) is 0. The average molecular weight is 141 g/mol. The van der Waals surface area contributed by atoms with E-state index in [1.54, 1.807) is 6.20 Å². The lowest BCUT2D eigenvalue weighted by molar-refractivity contribution is 0.814. The van der Waals surface area contributed by atoms with E-state index in [4.69, 9.17) is 0 Å². The van der Waals surface area contributed by atoms with Gasteiger partial charge in [-0.3, -0.25) is 0 Å². The van der Waals surface area contributed by atoms with E-state index in [0.29, 0.717) is 0 Å². The molecule has 0 saturated heterocycles. The molecule has 1 nitrogen and oxygen atoms in total. The van der Waals surface area contributed by atoms with Crippen molar-refractivity contribution in [1.82, 2.24) is 0 Å². The predicted molar refractivity (Wildman–Crippen MR) is 43.7 cm³/mol. The minimum Gasteiger partial charge on any atom is -0.203 e. The summed E-state index contributed by atoms with van der Waals surface area (Å²) in [5.41, 5.74) is 0. The minimum atomic E-state index is 1.09.